The monoisotopic (exact) mass is 648 g/mol. The molecule has 2 aliphatic rings. The van der Waals surface area contributed by atoms with Crippen LogP contribution in [0.1, 0.15) is 67.7 Å². The Morgan fingerprint density at radius 2 is 1.44 bits per heavy atom. The number of halogens is 5. The zero-order chi connectivity index (χ0) is 33.7. The van der Waals surface area contributed by atoms with Crippen LogP contribution in [0.5, 0.6) is 0 Å². The van der Waals surface area contributed by atoms with Crippen molar-refractivity contribution in [3.63, 3.8) is 0 Å². The minimum absolute atomic E-state index is 0.0853. The topological polar surface area (TPSA) is 128 Å². The molecule has 3 rings (SSSR count). The number of hydrogen-bond donors (Lipinski definition) is 3. The SMILES string of the molecule is CC(C)C(NC(=O)C1CCCCN1C(=O)[C@@H](NC(=O)c1ccc(C(=O)N2CCOCC2)cc1)C(C)C)C(O)C(F)(F)C(F)(F)F. The first-order chi connectivity index (χ1) is 21.0. The summed E-state index contributed by atoms with van der Waals surface area (Å²) < 4.78 is 72.1. The van der Waals surface area contributed by atoms with Gasteiger partial charge < -0.3 is 30.3 Å². The van der Waals surface area contributed by atoms with E-state index < -0.39 is 65.9 Å². The molecule has 0 radical (unpaired) electrons. The summed E-state index contributed by atoms with van der Waals surface area (Å²) in [4.78, 5) is 55.7. The van der Waals surface area contributed by atoms with Gasteiger partial charge in [-0.25, -0.2) is 0 Å². The van der Waals surface area contributed by atoms with Gasteiger partial charge in [-0.1, -0.05) is 27.7 Å². The number of carbonyl (C=O) groups is 4. The Hall–Kier alpha value is -3.33. The lowest BCUT2D eigenvalue weighted by molar-refractivity contribution is -0.317. The van der Waals surface area contributed by atoms with Crippen LogP contribution in [0.3, 0.4) is 0 Å². The highest BCUT2D eigenvalue weighted by Gasteiger charge is 2.64. The molecule has 4 amide bonds. The molecule has 3 unspecified atom stereocenters. The molecule has 2 heterocycles. The van der Waals surface area contributed by atoms with E-state index in [9.17, 15) is 46.2 Å². The Kier molecular flexibility index (Phi) is 11.9. The number of nitrogens with zero attached hydrogens (tertiary/aromatic N) is 2. The number of rotatable bonds is 10. The van der Waals surface area contributed by atoms with Gasteiger partial charge in [0, 0.05) is 30.8 Å². The number of ether oxygens (including phenoxy) is 1. The number of aliphatic hydroxyl groups excluding tert-OH is 1. The van der Waals surface area contributed by atoms with Crippen molar-refractivity contribution in [2.24, 2.45) is 11.8 Å². The lowest BCUT2D eigenvalue weighted by atomic mass is 9.92. The van der Waals surface area contributed by atoms with Crippen molar-refractivity contribution < 1.29 is 51.0 Å². The number of piperidine rings is 1. The number of amides is 4. The molecule has 15 heteroatoms. The molecule has 45 heavy (non-hydrogen) atoms. The molecule has 0 spiro atoms. The Morgan fingerprint density at radius 3 is 1.98 bits per heavy atom. The fourth-order valence-corrected chi connectivity index (χ4v) is 5.36. The van der Waals surface area contributed by atoms with Gasteiger partial charge in [-0.15, -0.1) is 0 Å². The van der Waals surface area contributed by atoms with Crippen molar-refractivity contribution in [2.45, 2.75) is 83.3 Å². The Labute approximate surface area is 258 Å². The first-order valence-corrected chi connectivity index (χ1v) is 15.0. The highest BCUT2D eigenvalue weighted by atomic mass is 19.4. The summed E-state index contributed by atoms with van der Waals surface area (Å²) in [7, 11) is 0. The highest BCUT2D eigenvalue weighted by molar-refractivity contribution is 6.00. The second-order valence-corrected chi connectivity index (χ2v) is 12.1. The summed E-state index contributed by atoms with van der Waals surface area (Å²) in [5, 5.41) is 14.8. The van der Waals surface area contributed by atoms with Crippen LogP contribution in [0.15, 0.2) is 24.3 Å². The molecule has 252 valence electrons. The second-order valence-electron chi connectivity index (χ2n) is 12.1. The number of likely N-dealkylation sites (tertiary alicyclic amines) is 1. The normalized spacial score (nSPS) is 20.0. The molecular weight excluding hydrogens is 607 g/mol. The number of aliphatic hydroxyl groups is 1. The summed E-state index contributed by atoms with van der Waals surface area (Å²) >= 11 is 0. The fraction of sp³-hybridized carbons (Fsp3) is 0.667. The van der Waals surface area contributed by atoms with E-state index in [0.29, 0.717) is 44.7 Å². The van der Waals surface area contributed by atoms with E-state index in [1.165, 1.54) is 43.0 Å². The van der Waals surface area contributed by atoms with Gasteiger partial charge >= 0.3 is 12.1 Å². The van der Waals surface area contributed by atoms with Gasteiger partial charge in [-0.2, -0.15) is 22.0 Å². The van der Waals surface area contributed by atoms with Crippen LogP contribution >= 0.6 is 0 Å². The third-order valence-corrected chi connectivity index (χ3v) is 8.12. The van der Waals surface area contributed by atoms with Crippen LogP contribution in [0, 0.1) is 11.8 Å². The largest absolute Gasteiger partial charge is 0.456 e. The molecular formula is C30H41F5N4O6. The molecule has 0 aliphatic carbocycles. The predicted molar refractivity (Wildman–Crippen MR) is 152 cm³/mol. The lowest BCUT2D eigenvalue weighted by Gasteiger charge is -2.40. The van der Waals surface area contributed by atoms with Gasteiger partial charge in [-0.05, 0) is 55.4 Å². The van der Waals surface area contributed by atoms with Crippen LogP contribution in [0.2, 0.25) is 0 Å². The first kappa shape index (κ1) is 36.1. The molecule has 2 saturated heterocycles. The average molecular weight is 649 g/mol. The Bertz CT molecular complexity index is 1200. The van der Waals surface area contributed by atoms with E-state index >= 15 is 0 Å². The molecule has 3 N–H and O–H groups in total. The van der Waals surface area contributed by atoms with Gasteiger partial charge in [0.15, 0.2) is 0 Å². The number of benzene rings is 1. The van der Waals surface area contributed by atoms with Crippen molar-refractivity contribution in [1.29, 1.82) is 0 Å². The van der Waals surface area contributed by atoms with Crippen LogP contribution in [0.25, 0.3) is 0 Å². The van der Waals surface area contributed by atoms with Gasteiger partial charge in [0.2, 0.25) is 11.8 Å². The molecule has 4 atom stereocenters. The van der Waals surface area contributed by atoms with Crippen molar-refractivity contribution >= 4 is 23.6 Å². The van der Waals surface area contributed by atoms with Crippen LogP contribution in [-0.2, 0) is 14.3 Å². The van der Waals surface area contributed by atoms with Gasteiger partial charge in [-0.3, -0.25) is 19.2 Å². The van der Waals surface area contributed by atoms with Crippen molar-refractivity contribution in [3.8, 4) is 0 Å². The van der Waals surface area contributed by atoms with E-state index in [0.717, 1.165) is 0 Å². The van der Waals surface area contributed by atoms with E-state index in [-0.39, 0.29) is 24.4 Å². The first-order valence-electron chi connectivity index (χ1n) is 15.0. The maximum atomic E-state index is 14.0. The average Bonchev–Trinajstić information content (AvgIpc) is 3.00. The molecule has 0 bridgehead atoms. The summed E-state index contributed by atoms with van der Waals surface area (Å²) in [6, 6.07) is 1.63. The third kappa shape index (κ3) is 8.48. The van der Waals surface area contributed by atoms with Crippen molar-refractivity contribution in [3.05, 3.63) is 35.4 Å². The zero-order valence-corrected chi connectivity index (χ0v) is 25.7. The standard InChI is InChI=1S/C30H41F5N4O6/c1-17(2)22(24(40)29(31,32)30(33,34)35)36-26(42)21-7-5-6-12-39(21)28(44)23(18(3)4)37-25(41)19-8-10-20(11-9-19)27(43)38-13-15-45-16-14-38/h8-11,17-18,21-24,40H,5-7,12-16H2,1-4H3,(H,36,42)(H,37,41)/t21?,22?,23-,24?/m0/s1. The maximum Gasteiger partial charge on any atom is 0.456 e. The quantitative estimate of drug-likeness (QED) is 0.335. The van der Waals surface area contributed by atoms with Crippen LogP contribution in [-0.4, -0.2) is 108 Å². The van der Waals surface area contributed by atoms with E-state index in [2.05, 4.69) is 10.6 Å². The number of morpholine rings is 1. The Balaban J connectivity index is 1.74. The van der Waals surface area contributed by atoms with Crippen LogP contribution in [0.4, 0.5) is 22.0 Å². The molecule has 10 nitrogen and oxygen atoms in total. The third-order valence-electron chi connectivity index (χ3n) is 8.12. The number of hydrogen-bond acceptors (Lipinski definition) is 6. The molecule has 0 saturated carbocycles. The fourth-order valence-electron chi connectivity index (χ4n) is 5.36. The van der Waals surface area contributed by atoms with Gasteiger partial charge in [0.1, 0.15) is 18.2 Å². The minimum atomic E-state index is -6.04. The van der Waals surface area contributed by atoms with E-state index in [4.69, 9.17) is 4.74 Å². The number of alkyl halides is 5. The summed E-state index contributed by atoms with van der Waals surface area (Å²) in [6.07, 6.45) is -8.23. The number of nitrogens with one attached hydrogen (secondary N) is 2. The molecule has 1 aromatic carbocycles. The van der Waals surface area contributed by atoms with Crippen molar-refractivity contribution in [2.75, 3.05) is 32.8 Å². The molecule has 0 aromatic heterocycles. The minimum Gasteiger partial charge on any atom is -0.384 e. The summed E-state index contributed by atoms with van der Waals surface area (Å²) in [5.74, 6) is -9.37. The second kappa shape index (κ2) is 14.8. The Morgan fingerprint density at radius 1 is 0.867 bits per heavy atom. The molecule has 1 aromatic rings. The van der Waals surface area contributed by atoms with Crippen LogP contribution < -0.4 is 10.6 Å². The summed E-state index contributed by atoms with van der Waals surface area (Å²) in [6.45, 7) is 7.77. The van der Waals surface area contributed by atoms with Gasteiger partial charge in [0.05, 0.1) is 19.3 Å². The molecule has 2 fully saturated rings. The van der Waals surface area contributed by atoms with E-state index in [1.54, 1.807) is 18.7 Å². The maximum absolute atomic E-state index is 14.0. The number of carbonyl (C=O) groups excluding carboxylic acids is 4. The summed E-state index contributed by atoms with van der Waals surface area (Å²) in [5.41, 5.74) is 0.559. The van der Waals surface area contributed by atoms with Crippen molar-refractivity contribution in [1.82, 2.24) is 20.4 Å². The molecule has 2 aliphatic heterocycles. The zero-order valence-electron chi connectivity index (χ0n) is 25.7. The van der Waals surface area contributed by atoms with Gasteiger partial charge in [0.25, 0.3) is 11.8 Å². The smallest absolute Gasteiger partial charge is 0.384 e. The predicted octanol–water partition coefficient (Wildman–Crippen LogP) is 2.99. The highest BCUT2D eigenvalue weighted by Crippen LogP contribution is 2.40. The lowest BCUT2D eigenvalue weighted by Crippen LogP contribution is -2.63. The van der Waals surface area contributed by atoms with E-state index in [1.807, 2.05) is 0 Å².